The predicted octanol–water partition coefficient (Wildman–Crippen LogP) is 2.84. The molecular weight excluding hydrogens is 222 g/mol. The largest absolute Gasteiger partial charge is 0.487 e. The summed E-state index contributed by atoms with van der Waals surface area (Å²) in [5.41, 5.74) is 3.39. The van der Waals surface area contributed by atoms with E-state index in [2.05, 4.69) is 4.98 Å². The van der Waals surface area contributed by atoms with Crippen LogP contribution in [0.25, 0.3) is 0 Å². The van der Waals surface area contributed by atoms with Crippen LogP contribution in [0.3, 0.4) is 0 Å². The number of aldehydes is 1. The second kappa shape index (κ2) is 4.90. The Morgan fingerprint density at radius 2 is 2.38 bits per heavy atom. The van der Waals surface area contributed by atoms with Crippen LogP contribution in [0.15, 0.2) is 29.9 Å². The lowest BCUT2D eigenvalue weighted by Crippen LogP contribution is -1.97. The van der Waals surface area contributed by atoms with E-state index in [-0.39, 0.29) is 0 Å². The monoisotopic (exact) mass is 233 g/mol. The fraction of sp³-hybridized carbons (Fsp3) is 0.167. The van der Waals surface area contributed by atoms with Gasteiger partial charge in [-0.1, -0.05) is 11.6 Å². The molecule has 0 saturated carbocycles. The number of nitrogens with zero attached hydrogens (tertiary/aromatic N) is 1. The minimum Gasteiger partial charge on any atom is -0.487 e. The van der Waals surface area contributed by atoms with Crippen LogP contribution in [0.1, 0.15) is 20.8 Å². The molecule has 0 unspecified atom stereocenters. The average molecular weight is 233 g/mol. The molecule has 3 nitrogen and oxygen atoms in total. The number of ether oxygens (including phenoxy) is 1. The lowest BCUT2D eigenvalue weighted by molar-refractivity contribution is 0.111. The zero-order valence-electron chi connectivity index (χ0n) is 8.84. The first-order valence-electron chi connectivity index (χ1n) is 4.85. The van der Waals surface area contributed by atoms with E-state index < -0.39 is 0 Å². The van der Waals surface area contributed by atoms with Crippen LogP contribution < -0.4 is 4.74 Å². The maximum atomic E-state index is 10.9. The fourth-order valence-electron chi connectivity index (χ4n) is 1.35. The zero-order chi connectivity index (χ0) is 11.4. The molecule has 1 aromatic heterocycles. The van der Waals surface area contributed by atoms with Crippen LogP contribution in [0, 0.1) is 6.92 Å². The molecule has 2 rings (SSSR count). The van der Waals surface area contributed by atoms with Crippen LogP contribution in [-0.2, 0) is 6.61 Å². The maximum absolute atomic E-state index is 10.9. The van der Waals surface area contributed by atoms with Gasteiger partial charge >= 0.3 is 0 Å². The number of aromatic nitrogens is 1. The average Bonchev–Trinajstić information content (AvgIpc) is 2.80. The number of hydrogen-bond acceptors (Lipinski definition) is 4. The van der Waals surface area contributed by atoms with E-state index in [1.807, 2.05) is 25.1 Å². The topological polar surface area (TPSA) is 39.2 Å². The molecule has 4 heteroatoms. The summed E-state index contributed by atoms with van der Waals surface area (Å²) < 4.78 is 5.57. The summed E-state index contributed by atoms with van der Waals surface area (Å²) in [6, 6.07) is 5.56. The van der Waals surface area contributed by atoms with E-state index in [1.54, 1.807) is 11.7 Å². The van der Waals surface area contributed by atoms with Gasteiger partial charge in [-0.3, -0.25) is 9.78 Å². The summed E-state index contributed by atoms with van der Waals surface area (Å²) in [5, 5.41) is 0. The Balaban J connectivity index is 2.12. The van der Waals surface area contributed by atoms with E-state index in [4.69, 9.17) is 4.74 Å². The quantitative estimate of drug-likeness (QED) is 0.762. The summed E-state index contributed by atoms with van der Waals surface area (Å²) in [6.45, 7) is 2.40. The lowest BCUT2D eigenvalue weighted by Gasteiger charge is -2.07. The highest BCUT2D eigenvalue weighted by atomic mass is 32.1. The third-order valence-corrected chi connectivity index (χ3v) is 2.90. The van der Waals surface area contributed by atoms with Gasteiger partial charge in [0.15, 0.2) is 6.29 Å². The van der Waals surface area contributed by atoms with Crippen molar-refractivity contribution in [1.29, 1.82) is 0 Å². The Morgan fingerprint density at radius 1 is 1.50 bits per heavy atom. The van der Waals surface area contributed by atoms with E-state index in [0.29, 0.717) is 17.9 Å². The second-order valence-electron chi connectivity index (χ2n) is 3.42. The molecule has 1 aromatic carbocycles. The van der Waals surface area contributed by atoms with Gasteiger partial charge in [0.1, 0.15) is 12.4 Å². The minimum atomic E-state index is 0.453. The second-order valence-corrected chi connectivity index (χ2v) is 4.39. The Morgan fingerprint density at radius 3 is 3.06 bits per heavy atom. The van der Waals surface area contributed by atoms with Crippen molar-refractivity contribution in [3.8, 4) is 5.75 Å². The van der Waals surface area contributed by atoms with Crippen LogP contribution in [0.5, 0.6) is 5.75 Å². The van der Waals surface area contributed by atoms with Crippen molar-refractivity contribution >= 4 is 17.6 Å². The number of thiazole rings is 1. The van der Waals surface area contributed by atoms with Crippen molar-refractivity contribution < 1.29 is 9.53 Å². The number of hydrogen-bond donors (Lipinski definition) is 0. The molecule has 0 aliphatic heterocycles. The first-order valence-corrected chi connectivity index (χ1v) is 5.73. The maximum Gasteiger partial charge on any atom is 0.153 e. The molecular formula is C12H11NO2S. The van der Waals surface area contributed by atoms with Gasteiger partial charge in [-0.25, -0.2) is 0 Å². The van der Waals surface area contributed by atoms with Gasteiger partial charge in [-0.2, -0.15) is 0 Å². The van der Waals surface area contributed by atoms with Gasteiger partial charge in [0.05, 0.1) is 16.0 Å². The molecule has 2 aromatic rings. The van der Waals surface area contributed by atoms with Crippen LogP contribution in [0.4, 0.5) is 0 Å². The molecule has 0 aliphatic carbocycles. The Kier molecular flexibility index (Phi) is 3.31. The minimum absolute atomic E-state index is 0.453. The Labute approximate surface area is 97.7 Å². The highest BCUT2D eigenvalue weighted by molar-refractivity contribution is 7.09. The normalized spacial score (nSPS) is 10.1. The van der Waals surface area contributed by atoms with Gasteiger partial charge in [-0.05, 0) is 19.1 Å². The molecule has 0 N–H and O–H groups in total. The SMILES string of the molecule is Cc1ccc(OCc2cncs2)c(C=O)c1. The van der Waals surface area contributed by atoms with E-state index in [9.17, 15) is 4.79 Å². The van der Waals surface area contributed by atoms with Crippen molar-refractivity contribution in [3.05, 3.63) is 45.9 Å². The summed E-state index contributed by atoms with van der Waals surface area (Å²) >= 11 is 1.53. The van der Waals surface area contributed by atoms with Crippen LogP contribution in [-0.4, -0.2) is 11.3 Å². The number of carbonyl (C=O) groups is 1. The molecule has 0 radical (unpaired) electrons. The van der Waals surface area contributed by atoms with Crippen molar-refractivity contribution in [2.75, 3.05) is 0 Å². The molecule has 0 amide bonds. The zero-order valence-corrected chi connectivity index (χ0v) is 9.66. The predicted molar refractivity (Wildman–Crippen MR) is 63.0 cm³/mol. The number of benzene rings is 1. The van der Waals surface area contributed by atoms with Gasteiger partial charge in [0, 0.05) is 6.20 Å². The molecule has 0 saturated heterocycles. The number of aryl methyl sites for hydroxylation is 1. The number of rotatable bonds is 4. The molecule has 16 heavy (non-hydrogen) atoms. The molecule has 0 fully saturated rings. The van der Waals surface area contributed by atoms with Crippen molar-refractivity contribution in [3.63, 3.8) is 0 Å². The Hall–Kier alpha value is -1.68. The summed E-state index contributed by atoms with van der Waals surface area (Å²) in [5.74, 6) is 0.619. The van der Waals surface area contributed by atoms with Crippen molar-refractivity contribution in [2.45, 2.75) is 13.5 Å². The standard InChI is InChI=1S/C12H11NO2S/c1-9-2-3-12(10(4-9)6-14)15-7-11-5-13-8-16-11/h2-6,8H,7H2,1H3. The third kappa shape index (κ3) is 2.46. The molecule has 0 bridgehead atoms. The van der Waals surface area contributed by atoms with Gasteiger partial charge < -0.3 is 4.74 Å². The van der Waals surface area contributed by atoms with E-state index in [1.165, 1.54) is 11.3 Å². The van der Waals surface area contributed by atoms with Crippen molar-refractivity contribution in [2.24, 2.45) is 0 Å². The van der Waals surface area contributed by atoms with Gasteiger partial charge in [0.2, 0.25) is 0 Å². The van der Waals surface area contributed by atoms with Gasteiger partial charge in [0.25, 0.3) is 0 Å². The smallest absolute Gasteiger partial charge is 0.153 e. The van der Waals surface area contributed by atoms with Crippen LogP contribution >= 0.6 is 11.3 Å². The summed E-state index contributed by atoms with van der Waals surface area (Å²) in [7, 11) is 0. The molecule has 82 valence electrons. The molecule has 0 spiro atoms. The van der Waals surface area contributed by atoms with E-state index >= 15 is 0 Å². The molecule has 0 atom stereocenters. The van der Waals surface area contributed by atoms with Gasteiger partial charge in [-0.15, -0.1) is 11.3 Å². The van der Waals surface area contributed by atoms with E-state index in [0.717, 1.165) is 16.7 Å². The fourth-order valence-corrected chi connectivity index (χ4v) is 1.86. The molecule has 1 heterocycles. The first kappa shape index (κ1) is 10.8. The number of carbonyl (C=O) groups excluding carboxylic acids is 1. The summed E-state index contributed by atoms with van der Waals surface area (Å²) in [6.07, 6.45) is 2.58. The molecule has 0 aliphatic rings. The Bertz CT molecular complexity index is 480. The summed E-state index contributed by atoms with van der Waals surface area (Å²) in [4.78, 5) is 15.9. The lowest BCUT2D eigenvalue weighted by atomic mass is 10.1. The highest BCUT2D eigenvalue weighted by Crippen LogP contribution is 2.20. The van der Waals surface area contributed by atoms with Crippen molar-refractivity contribution in [1.82, 2.24) is 4.98 Å². The first-order chi connectivity index (χ1) is 7.79. The third-order valence-electron chi connectivity index (χ3n) is 2.15. The highest BCUT2D eigenvalue weighted by Gasteiger charge is 2.04. The van der Waals surface area contributed by atoms with Crippen LogP contribution in [0.2, 0.25) is 0 Å².